The fourth-order valence-corrected chi connectivity index (χ4v) is 3.58. The van der Waals surface area contributed by atoms with E-state index in [1.54, 1.807) is 0 Å². The van der Waals surface area contributed by atoms with Gasteiger partial charge in [0.1, 0.15) is 0 Å². The van der Waals surface area contributed by atoms with Gasteiger partial charge in [-0.1, -0.05) is 0 Å². The molecule has 0 spiro atoms. The van der Waals surface area contributed by atoms with E-state index >= 15 is 0 Å². The second-order valence-corrected chi connectivity index (χ2v) is 6.28. The van der Waals surface area contributed by atoms with Crippen LogP contribution >= 0.6 is 0 Å². The van der Waals surface area contributed by atoms with Crippen molar-refractivity contribution in [2.45, 2.75) is 37.6 Å². The minimum atomic E-state index is 0.158. The third-order valence-corrected chi connectivity index (χ3v) is 5.15. The molecule has 5 heteroatoms. The summed E-state index contributed by atoms with van der Waals surface area (Å²) in [6.07, 6.45) is 5.44. The van der Waals surface area contributed by atoms with Gasteiger partial charge in [-0.15, -0.1) is 0 Å². The molecule has 5 nitrogen and oxygen atoms in total. The average molecular weight is 282 g/mol. The number of hydrogen-bond acceptors (Lipinski definition) is 4. The maximum atomic E-state index is 12.3. The molecule has 1 saturated carbocycles. The molecule has 114 valence electrons. The van der Waals surface area contributed by atoms with Gasteiger partial charge in [-0.2, -0.15) is 0 Å². The van der Waals surface area contributed by atoms with E-state index in [0.29, 0.717) is 0 Å². The molecule has 0 aromatic heterocycles. The lowest BCUT2D eigenvalue weighted by Crippen LogP contribution is -2.62. The van der Waals surface area contributed by atoms with Gasteiger partial charge in [0.2, 0.25) is 5.91 Å². The minimum absolute atomic E-state index is 0.158. The Bertz CT molecular complexity index is 332. The van der Waals surface area contributed by atoms with Gasteiger partial charge in [0.15, 0.2) is 0 Å². The van der Waals surface area contributed by atoms with Crippen molar-refractivity contribution in [2.75, 3.05) is 46.1 Å². The van der Waals surface area contributed by atoms with Crippen molar-refractivity contribution in [3.8, 4) is 0 Å². The van der Waals surface area contributed by atoms with E-state index in [1.807, 2.05) is 0 Å². The third kappa shape index (κ3) is 3.00. The van der Waals surface area contributed by atoms with Crippen LogP contribution in [0.4, 0.5) is 0 Å². The standard InChI is InChI=1S/C15H26N2O3/c18-14(13-2-8-19-9-3-13)16-12-15(4-1-5-15)17-6-10-20-11-7-17/h13H,1-12H2,(H,16,18). The number of ether oxygens (including phenoxy) is 2. The van der Waals surface area contributed by atoms with Crippen molar-refractivity contribution in [2.24, 2.45) is 5.92 Å². The highest BCUT2D eigenvalue weighted by molar-refractivity contribution is 5.78. The Balaban J connectivity index is 1.51. The van der Waals surface area contributed by atoms with Crippen molar-refractivity contribution >= 4 is 5.91 Å². The zero-order chi connectivity index (χ0) is 13.8. The molecule has 0 bridgehead atoms. The van der Waals surface area contributed by atoms with Crippen LogP contribution in [0, 0.1) is 5.92 Å². The predicted molar refractivity (Wildman–Crippen MR) is 75.5 cm³/mol. The molecule has 0 radical (unpaired) electrons. The highest BCUT2D eigenvalue weighted by Gasteiger charge is 2.43. The number of hydrogen-bond donors (Lipinski definition) is 1. The van der Waals surface area contributed by atoms with Gasteiger partial charge in [0.25, 0.3) is 0 Å². The molecule has 1 N–H and O–H groups in total. The summed E-state index contributed by atoms with van der Waals surface area (Å²) in [5.74, 6) is 0.387. The van der Waals surface area contributed by atoms with Crippen molar-refractivity contribution in [3.05, 3.63) is 0 Å². The SMILES string of the molecule is O=C(NCC1(N2CCOCC2)CCC1)C1CCOCC1. The lowest BCUT2D eigenvalue weighted by atomic mass is 9.74. The van der Waals surface area contributed by atoms with Gasteiger partial charge in [-0.05, 0) is 32.1 Å². The van der Waals surface area contributed by atoms with Crippen LogP contribution in [-0.4, -0.2) is 62.4 Å². The summed E-state index contributed by atoms with van der Waals surface area (Å²) in [4.78, 5) is 14.8. The van der Waals surface area contributed by atoms with E-state index in [0.717, 1.165) is 58.9 Å². The lowest BCUT2D eigenvalue weighted by molar-refractivity contribution is -0.129. The quantitative estimate of drug-likeness (QED) is 0.828. The Morgan fingerprint density at radius 1 is 1.10 bits per heavy atom. The van der Waals surface area contributed by atoms with Gasteiger partial charge in [-0.25, -0.2) is 0 Å². The molecule has 1 aliphatic carbocycles. The number of rotatable bonds is 4. The molecular weight excluding hydrogens is 256 g/mol. The first-order valence-electron chi connectivity index (χ1n) is 7.98. The summed E-state index contributed by atoms with van der Waals surface area (Å²) in [5, 5.41) is 3.22. The number of morpholine rings is 1. The van der Waals surface area contributed by atoms with Crippen molar-refractivity contribution in [1.82, 2.24) is 10.2 Å². The molecule has 3 aliphatic rings. The van der Waals surface area contributed by atoms with Crippen LogP contribution in [0.2, 0.25) is 0 Å². The second kappa shape index (κ2) is 6.41. The molecule has 2 aliphatic heterocycles. The number of carbonyl (C=O) groups excluding carboxylic acids is 1. The van der Waals surface area contributed by atoms with Gasteiger partial charge >= 0.3 is 0 Å². The number of amides is 1. The van der Waals surface area contributed by atoms with E-state index in [-0.39, 0.29) is 17.4 Å². The fourth-order valence-electron chi connectivity index (χ4n) is 3.58. The molecule has 0 aromatic rings. The Morgan fingerprint density at radius 2 is 1.75 bits per heavy atom. The average Bonchev–Trinajstić information content (AvgIpc) is 2.48. The molecule has 2 heterocycles. The molecular formula is C15H26N2O3. The first-order chi connectivity index (χ1) is 9.80. The molecule has 3 rings (SSSR count). The summed E-state index contributed by atoms with van der Waals surface area (Å²) in [5.41, 5.74) is 0.213. The zero-order valence-electron chi connectivity index (χ0n) is 12.2. The summed E-state index contributed by atoms with van der Waals surface area (Å²) >= 11 is 0. The van der Waals surface area contributed by atoms with Crippen LogP contribution in [0.5, 0.6) is 0 Å². The monoisotopic (exact) mass is 282 g/mol. The lowest BCUT2D eigenvalue weighted by Gasteiger charge is -2.51. The van der Waals surface area contributed by atoms with E-state index < -0.39 is 0 Å². The Morgan fingerprint density at radius 3 is 2.35 bits per heavy atom. The first-order valence-corrected chi connectivity index (χ1v) is 7.98. The van der Waals surface area contributed by atoms with E-state index in [9.17, 15) is 4.79 Å². The van der Waals surface area contributed by atoms with E-state index in [4.69, 9.17) is 9.47 Å². The summed E-state index contributed by atoms with van der Waals surface area (Å²) in [7, 11) is 0. The van der Waals surface area contributed by atoms with Crippen LogP contribution in [0.1, 0.15) is 32.1 Å². The van der Waals surface area contributed by atoms with Crippen LogP contribution < -0.4 is 5.32 Å². The van der Waals surface area contributed by atoms with Crippen molar-refractivity contribution < 1.29 is 14.3 Å². The molecule has 20 heavy (non-hydrogen) atoms. The number of nitrogens with zero attached hydrogens (tertiary/aromatic N) is 1. The van der Waals surface area contributed by atoms with Gasteiger partial charge in [0.05, 0.1) is 13.2 Å². The van der Waals surface area contributed by atoms with E-state index in [1.165, 1.54) is 19.3 Å². The minimum Gasteiger partial charge on any atom is -0.381 e. The maximum absolute atomic E-state index is 12.3. The normalized spacial score (nSPS) is 27.8. The summed E-state index contributed by atoms with van der Waals surface area (Å²) in [6, 6.07) is 0. The van der Waals surface area contributed by atoms with Crippen LogP contribution in [0.15, 0.2) is 0 Å². The summed E-state index contributed by atoms with van der Waals surface area (Å²) < 4.78 is 10.8. The highest BCUT2D eigenvalue weighted by atomic mass is 16.5. The van der Waals surface area contributed by atoms with Crippen LogP contribution in [-0.2, 0) is 14.3 Å². The maximum Gasteiger partial charge on any atom is 0.223 e. The van der Waals surface area contributed by atoms with Crippen LogP contribution in [0.3, 0.4) is 0 Å². The topological polar surface area (TPSA) is 50.8 Å². The smallest absolute Gasteiger partial charge is 0.223 e. The number of carbonyl (C=O) groups is 1. The Hall–Kier alpha value is -0.650. The predicted octanol–water partition coefficient (Wildman–Crippen LogP) is 0.784. The largest absolute Gasteiger partial charge is 0.381 e. The van der Waals surface area contributed by atoms with Gasteiger partial charge < -0.3 is 14.8 Å². The zero-order valence-corrected chi connectivity index (χ0v) is 12.2. The molecule has 1 amide bonds. The van der Waals surface area contributed by atoms with Crippen molar-refractivity contribution in [1.29, 1.82) is 0 Å². The number of nitrogens with one attached hydrogen (secondary N) is 1. The first kappa shape index (κ1) is 14.3. The van der Waals surface area contributed by atoms with E-state index in [2.05, 4.69) is 10.2 Å². The Kier molecular flexibility index (Phi) is 4.58. The fraction of sp³-hybridized carbons (Fsp3) is 0.933. The Labute approximate surface area is 121 Å². The van der Waals surface area contributed by atoms with Crippen molar-refractivity contribution in [3.63, 3.8) is 0 Å². The van der Waals surface area contributed by atoms with Gasteiger partial charge in [-0.3, -0.25) is 9.69 Å². The molecule has 0 atom stereocenters. The molecule has 0 aromatic carbocycles. The third-order valence-electron chi connectivity index (χ3n) is 5.15. The highest BCUT2D eigenvalue weighted by Crippen LogP contribution is 2.37. The second-order valence-electron chi connectivity index (χ2n) is 6.28. The van der Waals surface area contributed by atoms with Crippen LogP contribution in [0.25, 0.3) is 0 Å². The molecule has 0 unspecified atom stereocenters. The molecule has 2 saturated heterocycles. The van der Waals surface area contributed by atoms with Gasteiger partial charge in [0, 0.05) is 44.3 Å². The molecule has 3 fully saturated rings. The summed E-state index contributed by atoms with van der Waals surface area (Å²) in [6.45, 7) is 5.94.